The van der Waals surface area contributed by atoms with Gasteiger partial charge in [-0.25, -0.2) is 0 Å². The van der Waals surface area contributed by atoms with Crippen molar-refractivity contribution in [1.82, 2.24) is 0 Å². The van der Waals surface area contributed by atoms with Crippen molar-refractivity contribution in [3.63, 3.8) is 0 Å². The van der Waals surface area contributed by atoms with E-state index < -0.39 is 0 Å². The Morgan fingerprint density at radius 1 is 0.320 bits per heavy atom. The lowest BCUT2D eigenvalue weighted by atomic mass is 9.97. The molecule has 50 heavy (non-hydrogen) atoms. The summed E-state index contributed by atoms with van der Waals surface area (Å²) in [6.45, 7) is 0. The number of benzene rings is 8. The van der Waals surface area contributed by atoms with E-state index in [0.29, 0.717) is 0 Å². The van der Waals surface area contributed by atoms with Gasteiger partial charge in [0.1, 0.15) is 11.3 Å². The summed E-state index contributed by atoms with van der Waals surface area (Å²) in [4.78, 5) is 2.35. The first-order valence-electron chi connectivity index (χ1n) is 17.0. The van der Waals surface area contributed by atoms with Crippen LogP contribution < -0.4 is 4.90 Å². The van der Waals surface area contributed by atoms with Crippen LogP contribution in [-0.4, -0.2) is 0 Å². The molecule has 8 aromatic carbocycles. The lowest BCUT2D eigenvalue weighted by Crippen LogP contribution is -2.11. The maximum absolute atomic E-state index is 6.30. The molecule has 0 N–H and O–H groups in total. The third-order valence-corrected chi connectivity index (χ3v) is 9.45. The fourth-order valence-corrected chi connectivity index (χ4v) is 6.93. The maximum Gasteiger partial charge on any atom is 0.135 e. The van der Waals surface area contributed by atoms with E-state index in [1.165, 1.54) is 38.6 Å². The van der Waals surface area contributed by atoms with Gasteiger partial charge >= 0.3 is 0 Å². The molecule has 0 saturated heterocycles. The molecular formula is C48H33NO. The Balaban J connectivity index is 1.13. The first-order valence-corrected chi connectivity index (χ1v) is 17.0. The molecule has 1 aromatic heterocycles. The van der Waals surface area contributed by atoms with Gasteiger partial charge in [0, 0.05) is 27.9 Å². The minimum Gasteiger partial charge on any atom is -0.456 e. The Hall–Kier alpha value is -6.64. The number of para-hydroxylation sites is 2. The average Bonchev–Trinajstić information content (AvgIpc) is 3.64. The molecule has 0 unspecified atom stereocenters. The van der Waals surface area contributed by atoms with Crippen molar-refractivity contribution in [2.24, 2.45) is 0 Å². The second-order valence-corrected chi connectivity index (χ2v) is 12.6. The van der Waals surface area contributed by atoms with Crippen LogP contribution in [0.1, 0.15) is 0 Å². The first kappa shape index (κ1) is 29.5. The molecule has 2 heteroatoms. The topological polar surface area (TPSA) is 16.4 Å². The molecule has 0 atom stereocenters. The van der Waals surface area contributed by atoms with Crippen LogP contribution in [0.15, 0.2) is 205 Å². The number of anilines is 3. The second kappa shape index (κ2) is 12.8. The van der Waals surface area contributed by atoms with Crippen molar-refractivity contribution in [1.29, 1.82) is 0 Å². The van der Waals surface area contributed by atoms with Gasteiger partial charge in [0.15, 0.2) is 0 Å². The van der Waals surface area contributed by atoms with Gasteiger partial charge in [-0.1, -0.05) is 146 Å². The monoisotopic (exact) mass is 639 g/mol. The molecule has 0 aliphatic heterocycles. The van der Waals surface area contributed by atoms with E-state index in [4.69, 9.17) is 4.42 Å². The number of rotatable bonds is 7. The van der Waals surface area contributed by atoms with E-state index in [1.54, 1.807) is 0 Å². The fraction of sp³-hybridized carbons (Fsp3) is 0. The zero-order chi connectivity index (χ0) is 33.3. The van der Waals surface area contributed by atoms with Crippen LogP contribution in [0.5, 0.6) is 0 Å². The molecule has 0 saturated carbocycles. The van der Waals surface area contributed by atoms with Gasteiger partial charge in [-0.05, 0) is 93.2 Å². The Kier molecular flexibility index (Phi) is 7.53. The Morgan fingerprint density at radius 2 is 0.940 bits per heavy atom. The van der Waals surface area contributed by atoms with Gasteiger partial charge in [0.2, 0.25) is 0 Å². The normalized spacial score (nSPS) is 11.2. The largest absolute Gasteiger partial charge is 0.456 e. The third kappa shape index (κ3) is 5.63. The summed E-state index contributed by atoms with van der Waals surface area (Å²) in [5, 5.41) is 3.60. The number of hydrogen-bond acceptors (Lipinski definition) is 2. The summed E-state index contributed by atoms with van der Waals surface area (Å²) < 4.78 is 6.30. The first-order chi connectivity index (χ1) is 24.8. The molecule has 2 nitrogen and oxygen atoms in total. The van der Waals surface area contributed by atoms with Gasteiger partial charge in [0.25, 0.3) is 0 Å². The molecule has 9 aromatic rings. The lowest BCUT2D eigenvalue weighted by Gasteiger charge is -2.28. The van der Waals surface area contributed by atoms with Gasteiger partial charge in [-0.2, -0.15) is 0 Å². The highest BCUT2D eigenvalue weighted by molar-refractivity contribution is 5.91. The van der Waals surface area contributed by atoms with E-state index >= 15 is 0 Å². The molecule has 0 radical (unpaired) electrons. The molecule has 0 fully saturated rings. The zero-order valence-electron chi connectivity index (χ0n) is 27.4. The molecular weight excluding hydrogens is 607 g/mol. The molecule has 1 heterocycles. The van der Waals surface area contributed by atoms with Crippen LogP contribution in [0.3, 0.4) is 0 Å². The molecule has 0 aliphatic rings. The highest BCUT2D eigenvalue weighted by Crippen LogP contribution is 2.42. The van der Waals surface area contributed by atoms with Crippen molar-refractivity contribution in [3.8, 4) is 44.7 Å². The van der Waals surface area contributed by atoms with Crippen LogP contribution in [0, 0.1) is 0 Å². The average molecular weight is 640 g/mol. The Morgan fingerprint density at radius 3 is 1.78 bits per heavy atom. The van der Waals surface area contributed by atoms with E-state index in [-0.39, 0.29) is 0 Å². The predicted molar refractivity (Wildman–Crippen MR) is 210 cm³/mol. The van der Waals surface area contributed by atoms with E-state index in [9.17, 15) is 0 Å². The highest BCUT2D eigenvalue weighted by atomic mass is 16.3. The number of furan rings is 1. The van der Waals surface area contributed by atoms with Crippen molar-refractivity contribution >= 4 is 38.8 Å². The van der Waals surface area contributed by atoms with E-state index in [2.05, 4.69) is 187 Å². The molecule has 0 bridgehead atoms. The fourth-order valence-electron chi connectivity index (χ4n) is 6.93. The molecule has 0 spiro atoms. The van der Waals surface area contributed by atoms with Crippen LogP contribution in [0.25, 0.3) is 66.4 Å². The molecule has 0 aliphatic carbocycles. The van der Waals surface area contributed by atoms with Crippen molar-refractivity contribution in [2.75, 3.05) is 4.90 Å². The third-order valence-electron chi connectivity index (χ3n) is 9.45. The molecule has 9 rings (SSSR count). The summed E-state index contributed by atoms with van der Waals surface area (Å²) in [5.41, 5.74) is 12.3. The van der Waals surface area contributed by atoms with Gasteiger partial charge in [0.05, 0.1) is 5.69 Å². The number of hydrogen-bond donors (Lipinski definition) is 0. The van der Waals surface area contributed by atoms with E-state index in [0.717, 1.165) is 44.9 Å². The van der Waals surface area contributed by atoms with Crippen molar-refractivity contribution in [3.05, 3.63) is 200 Å². The molecule has 0 amide bonds. The summed E-state index contributed by atoms with van der Waals surface area (Å²) in [7, 11) is 0. The highest BCUT2D eigenvalue weighted by Gasteiger charge is 2.18. The minimum atomic E-state index is 0.853. The van der Waals surface area contributed by atoms with Crippen LogP contribution in [-0.2, 0) is 0 Å². The van der Waals surface area contributed by atoms with E-state index in [1.807, 2.05) is 18.2 Å². The Labute approximate surface area is 292 Å². The number of nitrogens with zero attached hydrogens (tertiary/aromatic N) is 1. The summed E-state index contributed by atoms with van der Waals surface area (Å²) in [5.74, 6) is 0.853. The van der Waals surface area contributed by atoms with Crippen LogP contribution in [0.2, 0.25) is 0 Å². The summed E-state index contributed by atoms with van der Waals surface area (Å²) in [6, 6.07) is 71.1. The lowest BCUT2D eigenvalue weighted by molar-refractivity contribution is 0.631. The standard InChI is InChI=1S/C48H33NO/c1-2-13-36(14-3-1)45-21-7-8-22-46(45)49(44-20-11-19-41(32-44)48-33-42-16-6-9-23-47(42)50-48)43-28-26-35(27-29-43)38-17-10-18-39(30-38)40-25-24-34-12-4-5-15-37(34)31-40/h1-33H. The predicted octanol–water partition coefficient (Wildman–Crippen LogP) is 13.7. The Bertz CT molecular complexity index is 2560. The SMILES string of the molecule is c1ccc(-c2ccccc2N(c2ccc(-c3cccc(-c4ccc5ccccc5c4)c3)cc2)c2cccc(-c3cc4ccccc4o3)c2)cc1. The number of fused-ring (bicyclic) bond motifs is 2. The minimum absolute atomic E-state index is 0.853. The van der Waals surface area contributed by atoms with Gasteiger partial charge < -0.3 is 9.32 Å². The summed E-state index contributed by atoms with van der Waals surface area (Å²) >= 11 is 0. The molecule has 236 valence electrons. The smallest absolute Gasteiger partial charge is 0.135 e. The van der Waals surface area contributed by atoms with Crippen LogP contribution >= 0.6 is 0 Å². The van der Waals surface area contributed by atoms with Crippen LogP contribution in [0.4, 0.5) is 17.1 Å². The summed E-state index contributed by atoms with van der Waals surface area (Å²) in [6.07, 6.45) is 0. The zero-order valence-corrected chi connectivity index (χ0v) is 27.4. The second-order valence-electron chi connectivity index (χ2n) is 12.6. The van der Waals surface area contributed by atoms with Gasteiger partial charge in [-0.15, -0.1) is 0 Å². The maximum atomic E-state index is 6.30. The van der Waals surface area contributed by atoms with Gasteiger partial charge in [-0.3, -0.25) is 0 Å². The van der Waals surface area contributed by atoms with Crippen molar-refractivity contribution in [2.45, 2.75) is 0 Å². The van der Waals surface area contributed by atoms with Crippen molar-refractivity contribution < 1.29 is 4.42 Å². The quantitative estimate of drug-likeness (QED) is 0.173.